The van der Waals surface area contributed by atoms with Crippen LogP contribution in [0.15, 0.2) is 53.0 Å². The lowest BCUT2D eigenvalue weighted by Crippen LogP contribution is -2.37. The lowest BCUT2D eigenvalue weighted by molar-refractivity contribution is -0.120. The summed E-state index contributed by atoms with van der Waals surface area (Å²) in [5.41, 5.74) is 1.42. The molecule has 0 heterocycles. The van der Waals surface area contributed by atoms with Crippen LogP contribution in [-0.2, 0) is 11.2 Å². The van der Waals surface area contributed by atoms with Crippen LogP contribution in [0.5, 0.6) is 0 Å². The van der Waals surface area contributed by atoms with Gasteiger partial charge in [-0.15, -0.1) is 0 Å². The van der Waals surface area contributed by atoms with Gasteiger partial charge in [-0.1, -0.05) is 24.3 Å². The zero-order chi connectivity index (χ0) is 16.7. The standard InChI is InChI=1S/C17H16BrFN2O2/c18-14-10-12(6-7-15(14)19)8-9-20-16(22)11-21-17(23)13-4-2-1-3-5-13/h1-7,10H,8-9,11H2,(H,20,22)(H,21,23). The third kappa shape index (κ3) is 5.49. The van der Waals surface area contributed by atoms with Crippen LogP contribution in [0.4, 0.5) is 4.39 Å². The first kappa shape index (κ1) is 17.1. The van der Waals surface area contributed by atoms with Crippen LogP contribution in [0.1, 0.15) is 15.9 Å². The molecule has 120 valence electrons. The molecule has 0 spiro atoms. The number of carbonyl (C=O) groups excluding carboxylic acids is 2. The van der Waals surface area contributed by atoms with Crippen LogP contribution in [0, 0.1) is 5.82 Å². The van der Waals surface area contributed by atoms with Gasteiger partial charge in [0.1, 0.15) is 5.82 Å². The number of rotatable bonds is 6. The maximum absolute atomic E-state index is 13.1. The molecule has 0 radical (unpaired) electrons. The fourth-order valence-corrected chi connectivity index (χ4v) is 2.38. The Morgan fingerprint density at radius 3 is 2.48 bits per heavy atom. The zero-order valence-electron chi connectivity index (χ0n) is 12.3. The lowest BCUT2D eigenvalue weighted by atomic mass is 10.1. The van der Waals surface area contributed by atoms with E-state index >= 15 is 0 Å². The van der Waals surface area contributed by atoms with E-state index in [1.165, 1.54) is 6.07 Å². The fraction of sp³-hybridized carbons (Fsp3) is 0.176. The van der Waals surface area contributed by atoms with E-state index in [-0.39, 0.29) is 24.2 Å². The Labute approximate surface area is 142 Å². The van der Waals surface area contributed by atoms with Gasteiger partial charge < -0.3 is 10.6 Å². The molecule has 2 N–H and O–H groups in total. The predicted molar refractivity (Wildman–Crippen MR) is 89.6 cm³/mol. The number of hydrogen-bond donors (Lipinski definition) is 2. The third-order valence-electron chi connectivity index (χ3n) is 3.17. The lowest BCUT2D eigenvalue weighted by Gasteiger charge is -2.07. The van der Waals surface area contributed by atoms with E-state index in [2.05, 4.69) is 26.6 Å². The van der Waals surface area contributed by atoms with Crippen LogP contribution in [0.25, 0.3) is 0 Å². The summed E-state index contributed by atoms with van der Waals surface area (Å²) in [4.78, 5) is 23.5. The van der Waals surface area contributed by atoms with E-state index < -0.39 is 0 Å². The molecular weight excluding hydrogens is 363 g/mol. The minimum Gasteiger partial charge on any atom is -0.354 e. The Morgan fingerprint density at radius 2 is 1.78 bits per heavy atom. The van der Waals surface area contributed by atoms with Crippen molar-refractivity contribution in [2.45, 2.75) is 6.42 Å². The molecule has 0 saturated carbocycles. The average molecular weight is 379 g/mol. The van der Waals surface area contributed by atoms with Gasteiger partial charge in [0.25, 0.3) is 5.91 Å². The van der Waals surface area contributed by atoms with E-state index in [9.17, 15) is 14.0 Å². The summed E-state index contributed by atoms with van der Waals surface area (Å²) in [5.74, 6) is -0.875. The molecule has 2 amide bonds. The van der Waals surface area contributed by atoms with E-state index in [0.29, 0.717) is 23.0 Å². The molecule has 0 unspecified atom stereocenters. The highest BCUT2D eigenvalue weighted by Gasteiger charge is 2.07. The number of nitrogens with one attached hydrogen (secondary N) is 2. The van der Waals surface area contributed by atoms with Crippen molar-refractivity contribution >= 4 is 27.7 Å². The first-order valence-corrected chi connectivity index (χ1v) is 7.89. The summed E-state index contributed by atoms with van der Waals surface area (Å²) in [7, 11) is 0. The van der Waals surface area contributed by atoms with Crippen molar-refractivity contribution in [3.05, 3.63) is 69.9 Å². The summed E-state index contributed by atoms with van der Waals surface area (Å²) in [6.45, 7) is 0.332. The molecule has 2 aromatic rings. The maximum Gasteiger partial charge on any atom is 0.251 e. The maximum atomic E-state index is 13.1. The Balaban J connectivity index is 1.71. The molecule has 0 aromatic heterocycles. The van der Waals surface area contributed by atoms with Crippen molar-refractivity contribution in [2.24, 2.45) is 0 Å². The van der Waals surface area contributed by atoms with Crippen molar-refractivity contribution in [3.63, 3.8) is 0 Å². The summed E-state index contributed by atoms with van der Waals surface area (Å²) < 4.78 is 13.5. The van der Waals surface area contributed by atoms with Crippen LogP contribution in [-0.4, -0.2) is 24.9 Å². The number of amides is 2. The molecule has 0 atom stereocenters. The quantitative estimate of drug-likeness (QED) is 0.811. The molecule has 2 rings (SSSR count). The average Bonchev–Trinajstić information content (AvgIpc) is 2.56. The van der Waals surface area contributed by atoms with Crippen LogP contribution in [0.2, 0.25) is 0 Å². The van der Waals surface area contributed by atoms with Gasteiger partial charge in [0, 0.05) is 12.1 Å². The highest BCUT2D eigenvalue weighted by Crippen LogP contribution is 2.16. The van der Waals surface area contributed by atoms with Crippen molar-refractivity contribution in [3.8, 4) is 0 Å². The van der Waals surface area contributed by atoms with Gasteiger partial charge >= 0.3 is 0 Å². The van der Waals surface area contributed by atoms with Gasteiger partial charge in [0.15, 0.2) is 0 Å². The summed E-state index contributed by atoms with van der Waals surface area (Å²) in [5, 5.41) is 5.27. The fourth-order valence-electron chi connectivity index (χ4n) is 1.96. The Hall–Kier alpha value is -2.21. The molecule has 0 fully saturated rings. The molecule has 0 aliphatic carbocycles. The second kappa shape index (κ2) is 8.43. The summed E-state index contributed by atoms with van der Waals surface area (Å²) in [6.07, 6.45) is 0.581. The number of halogens is 2. The van der Waals surface area contributed by atoms with Crippen LogP contribution < -0.4 is 10.6 Å². The molecular formula is C17H16BrFN2O2. The SMILES string of the molecule is O=C(CNC(=O)c1ccccc1)NCCc1ccc(F)c(Br)c1. The molecule has 0 aliphatic rings. The largest absolute Gasteiger partial charge is 0.354 e. The highest BCUT2D eigenvalue weighted by molar-refractivity contribution is 9.10. The van der Waals surface area contributed by atoms with Gasteiger partial charge in [-0.3, -0.25) is 9.59 Å². The predicted octanol–water partition coefficient (Wildman–Crippen LogP) is 2.68. The summed E-state index contributed by atoms with van der Waals surface area (Å²) >= 11 is 3.12. The Kier molecular flexibility index (Phi) is 6.29. The van der Waals surface area contributed by atoms with E-state index in [1.807, 2.05) is 6.07 Å². The molecule has 4 nitrogen and oxygen atoms in total. The smallest absolute Gasteiger partial charge is 0.251 e. The Bertz CT molecular complexity index is 692. The van der Waals surface area contributed by atoms with Gasteiger partial charge in [0.2, 0.25) is 5.91 Å². The normalized spacial score (nSPS) is 10.2. The molecule has 6 heteroatoms. The van der Waals surface area contributed by atoms with Gasteiger partial charge in [-0.25, -0.2) is 4.39 Å². The van der Waals surface area contributed by atoms with E-state index in [0.717, 1.165) is 5.56 Å². The minimum absolute atomic E-state index is 0.0825. The van der Waals surface area contributed by atoms with Gasteiger partial charge in [0.05, 0.1) is 11.0 Å². The van der Waals surface area contributed by atoms with Crippen LogP contribution >= 0.6 is 15.9 Å². The second-order valence-electron chi connectivity index (χ2n) is 4.90. The zero-order valence-corrected chi connectivity index (χ0v) is 13.9. The first-order valence-electron chi connectivity index (χ1n) is 7.10. The van der Waals surface area contributed by atoms with Gasteiger partial charge in [-0.2, -0.15) is 0 Å². The van der Waals surface area contributed by atoms with Gasteiger partial charge in [-0.05, 0) is 52.2 Å². The van der Waals surface area contributed by atoms with Crippen molar-refractivity contribution in [2.75, 3.05) is 13.1 Å². The highest BCUT2D eigenvalue weighted by atomic mass is 79.9. The van der Waals surface area contributed by atoms with Crippen molar-refractivity contribution in [1.82, 2.24) is 10.6 Å². The number of carbonyl (C=O) groups is 2. The van der Waals surface area contributed by atoms with Crippen LogP contribution in [0.3, 0.4) is 0 Å². The Morgan fingerprint density at radius 1 is 1.04 bits per heavy atom. The third-order valence-corrected chi connectivity index (χ3v) is 3.77. The molecule has 0 aliphatic heterocycles. The molecule has 2 aromatic carbocycles. The molecule has 0 bridgehead atoms. The first-order chi connectivity index (χ1) is 11.1. The molecule has 0 saturated heterocycles. The van der Waals surface area contributed by atoms with Crippen molar-refractivity contribution in [1.29, 1.82) is 0 Å². The number of hydrogen-bond acceptors (Lipinski definition) is 2. The van der Waals surface area contributed by atoms with E-state index in [4.69, 9.17) is 0 Å². The molecule has 23 heavy (non-hydrogen) atoms. The minimum atomic E-state index is -0.318. The monoisotopic (exact) mass is 378 g/mol. The summed E-state index contributed by atoms with van der Waals surface area (Å²) in [6, 6.07) is 13.4. The topological polar surface area (TPSA) is 58.2 Å². The van der Waals surface area contributed by atoms with Crippen molar-refractivity contribution < 1.29 is 14.0 Å². The number of benzene rings is 2. The van der Waals surface area contributed by atoms with E-state index in [1.54, 1.807) is 36.4 Å². The second-order valence-corrected chi connectivity index (χ2v) is 5.75.